The van der Waals surface area contributed by atoms with Gasteiger partial charge in [0.25, 0.3) is 5.91 Å². The highest BCUT2D eigenvalue weighted by Gasteiger charge is 2.24. The van der Waals surface area contributed by atoms with E-state index < -0.39 is 10.0 Å². The van der Waals surface area contributed by atoms with E-state index in [1.54, 1.807) is 12.1 Å². The van der Waals surface area contributed by atoms with E-state index >= 15 is 0 Å². The maximum Gasteiger partial charge on any atom is 0.251 e. The number of hydrogen-bond donors (Lipinski definition) is 2. The van der Waals surface area contributed by atoms with E-state index in [0.29, 0.717) is 11.3 Å². The summed E-state index contributed by atoms with van der Waals surface area (Å²) in [6.07, 6.45) is 3.30. The first-order valence-corrected chi connectivity index (χ1v) is 10.5. The van der Waals surface area contributed by atoms with Crippen LogP contribution >= 0.6 is 0 Å². The van der Waals surface area contributed by atoms with Crippen LogP contribution in [0.1, 0.15) is 39.7 Å². The highest BCUT2D eigenvalue weighted by molar-refractivity contribution is 7.89. The van der Waals surface area contributed by atoms with E-state index in [1.807, 2.05) is 18.2 Å². The fourth-order valence-electron chi connectivity index (χ4n) is 3.40. The molecule has 7 heteroatoms. The van der Waals surface area contributed by atoms with Gasteiger partial charge in [0.2, 0.25) is 10.0 Å². The van der Waals surface area contributed by atoms with Crippen molar-refractivity contribution in [3.05, 3.63) is 89.4 Å². The highest BCUT2D eigenvalue weighted by atomic mass is 32.2. The van der Waals surface area contributed by atoms with Gasteiger partial charge in [-0.15, -0.1) is 0 Å². The number of hydrogen-bond acceptors (Lipinski definition) is 4. The van der Waals surface area contributed by atoms with E-state index in [4.69, 9.17) is 4.42 Å². The van der Waals surface area contributed by atoms with Gasteiger partial charge in [0, 0.05) is 5.56 Å². The largest absolute Gasteiger partial charge is 0.468 e. The predicted octanol–water partition coefficient (Wildman–Crippen LogP) is 3.18. The molecule has 3 aromatic rings. The molecule has 1 amide bonds. The second-order valence-corrected chi connectivity index (χ2v) is 8.46. The first-order valence-electron chi connectivity index (χ1n) is 9.04. The van der Waals surface area contributed by atoms with Crippen LogP contribution in [0.25, 0.3) is 0 Å². The normalized spacial score (nSPS) is 15.9. The lowest BCUT2D eigenvalue weighted by Gasteiger charge is -2.14. The van der Waals surface area contributed by atoms with Gasteiger partial charge in [0.05, 0.1) is 23.7 Å². The fraction of sp³-hybridized carbons (Fsp3) is 0.190. The molecule has 0 aliphatic heterocycles. The Morgan fingerprint density at radius 2 is 1.82 bits per heavy atom. The topological polar surface area (TPSA) is 88.4 Å². The molecule has 4 rings (SSSR count). The van der Waals surface area contributed by atoms with Gasteiger partial charge in [-0.3, -0.25) is 4.79 Å². The van der Waals surface area contributed by atoms with Crippen LogP contribution < -0.4 is 10.0 Å². The van der Waals surface area contributed by atoms with Crippen molar-refractivity contribution in [1.29, 1.82) is 0 Å². The summed E-state index contributed by atoms with van der Waals surface area (Å²) in [6.45, 7) is 0.0681. The quantitative estimate of drug-likeness (QED) is 0.670. The van der Waals surface area contributed by atoms with Gasteiger partial charge in [-0.1, -0.05) is 24.3 Å². The van der Waals surface area contributed by atoms with E-state index in [-0.39, 0.29) is 23.4 Å². The molecule has 1 heterocycles. The Bertz CT molecular complexity index is 1070. The molecule has 1 atom stereocenters. The third-order valence-corrected chi connectivity index (χ3v) is 6.30. The van der Waals surface area contributed by atoms with Crippen molar-refractivity contribution in [2.75, 3.05) is 0 Å². The molecule has 1 aliphatic carbocycles. The summed E-state index contributed by atoms with van der Waals surface area (Å²) in [5, 5.41) is 3.04. The van der Waals surface area contributed by atoms with Gasteiger partial charge in [-0.05, 0) is 60.4 Å². The second kappa shape index (κ2) is 7.61. The average molecular weight is 396 g/mol. The Morgan fingerprint density at radius 1 is 1.04 bits per heavy atom. The Balaban J connectivity index is 1.42. The summed E-state index contributed by atoms with van der Waals surface area (Å²) in [5.41, 5.74) is 2.84. The SMILES string of the molecule is O=C(N[C@H]1CCc2ccccc21)c1ccc(S(=O)(=O)NCc2ccco2)cc1. The van der Waals surface area contributed by atoms with Crippen LogP contribution in [-0.2, 0) is 23.0 Å². The maximum absolute atomic E-state index is 12.6. The van der Waals surface area contributed by atoms with Crippen molar-refractivity contribution >= 4 is 15.9 Å². The van der Waals surface area contributed by atoms with Crippen molar-refractivity contribution in [3.8, 4) is 0 Å². The maximum atomic E-state index is 12.6. The minimum atomic E-state index is -3.68. The van der Waals surface area contributed by atoms with Gasteiger partial charge in [0.1, 0.15) is 5.76 Å². The molecule has 6 nitrogen and oxygen atoms in total. The number of rotatable bonds is 6. The van der Waals surface area contributed by atoms with Gasteiger partial charge >= 0.3 is 0 Å². The highest BCUT2D eigenvalue weighted by Crippen LogP contribution is 2.30. The summed E-state index contributed by atoms with van der Waals surface area (Å²) in [4.78, 5) is 12.7. The second-order valence-electron chi connectivity index (χ2n) is 6.69. The Labute approximate surface area is 163 Å². The summed E-state index contributed by atoms with van der Waals surface area (Å²) in [7, 11) is -3.68. The van der Waals surface area contributed by atoms with E-state index in [0.717, 1.165) is 18.4 Å². The van der Waals surface area contributed by atoms with E-state index in [2.05, 4.69) is 16.1 Å². The van der Waals surface area contributed by atoms with Crippen molar-refractivity contribution in [3.63, 3.8) is 0 Å². The first-order chi connectivity index (χ1) is 13.5. The molecule has 0 unspecified atom stereocenters. The van der Waals surface area contributed by atoms with Crippen LogP contribution in [0.5, 0.6) is 0 Å². The van der Waals surface area contributed by atoms with Gasteiger partial charge in [0.15, 0.2) is 0 Å². The summed E-state index contributed by atoms with van der Waals surface area (Å²) in [5.74, 6) is 0.311. The Morgan fingerprint density at radius 3 is 2.57 bits per heavy atom. The molecule has 0 saturated heterocycles. The van der Waals surface area contributed by atoms with Crippen molar-refractivity contribution in [2.24, 2.45) is 0 Å². The van der Waals surface area contributed by atoms with Crippen molar-refractivity contribution in [1.82, 2.24) is 10.0 Å². The molecule has 1 aliphatic rings. The lowest BCUT2D eigenvalue weighted by Crippen LogP contribution is -2.27. The van der Waals surface area contributed by atoms with Gasteiger partial charge < -0.3 is 9.73 Å². The van der Waals surface area contributed by atoms with Crippen LogP contribution in [0.4, 0.5) is 0 Å². The minimum Gasteiger partial charge on any atom is -0.468 e. The molecule has 1 aromatic heterocycles. The smallest absolute Gasteiger partial charge is 0.251 e. The zero-order chi connectivity index (χ0) is 19.6. The molecule has 0 radical (unpaired) electrons. The molecule has 0 spiro atoms. The molecule has 0 bridgehead atoms. The first kappa shape index (κ1) is 18.5. The summed E-state index contributed by atoms with van der Waals surface area (Å²) in [6, 6.07) is 17.4. The van der Waals surface area contributed by atoms with Gasteiger partial charge in [-0.25, -0.2) is 13.1 Å². The number of amides is 1. The Kier molecular flexibility index (Phi) is 5.02. The number of carbonyl (C=O) groups excluding carboxylic acids is 1. The molecule has 28 heavy (non-hydrogen) atoms. The number of sulfonamides is 1. The number of aryl methyl sites for hydroxylation is 1. The third kappa shape index (κ3) is 3.85. The van der Waals surface area contributed by atoms with Crippen LogP contribution in [0.15, 0.2) is 76.2 Å². The zero-order valence-corrected chi connectivity index (χ0v) is 15.9. The number of benzene rings is 2. The van der Waals surface area contributed by atoms with Crippen molar-refractivity contribution < 1.29 is 17.6 Å². The van der Waals surface area contributed by atoms with E-state index in [9.17, 15) is 13.2 Å². The zero-order valence-electron chi connectivity index (χ0n) is 15.1. The van der Waals surface area contributed by atoms with Crippen molar-refractivity contribution in [2.45, 2.75) is 30.3 Å². The number of fused-ring (bicyclic) bond motifs is 1. The lowest BCUT2D eigenvalue weighted by molar-refractivity contribution is 0.0936. The number of furan rings is 1. The molecule has 2 N–H and O–H groups in total. The lowest BCUT2D eigenvalue weighted by atomic mass is 10.1. The monoisotopic (exact) mass is 396 g/mol. The van der Waals surface area contributed by atoms with Crippen LogP contribution in [0.3, 0.4) is 0 Å². The minimum absolute atomic E-state index is 0.0120. The standard InChI is InChI=1S/C21H20N2O4S/c24-21(23-20-12-9-15-4-1-2-6-19(15)20)16-7-10-18(11-8-16)28(25,26)22-14-17-5-3-13-27-17/h1-8,10-11,13,20,22H,9,12,14H2,(H,23,24)/t20-/m0/s1. The summed E-state index contributed by atoms with van der Waals surface area (Å²) >= 11 is 0. The van der Waals surface area contributed by atoms with Crippen LogP contribution in [0.2, 0.25) is 0 Å². The Hall–Kier alpha value is -2.90. The van der Waals surface area contributed by atoms with E-state index in [1.165, 1.54) is 36.1 Å². The van der Waals surface area contributed by atoms with Gasteiger partial charge in [-0.2, -0.15) is 0 Å². The molecule has 144 valence electrons. The average Bonchev–Trinajstić information content (AvgIpc) is 3.37. The summed E-state index contributed by atoms with van der Waals surface area (Å²) < 4.78 is 32.3. The fourth-order valence-corrected chi connectivity index (χ4v) is 4.39. The van der Waals surface area contributed by atoms with Crippen LogP contribution in [0, 0.1) is 0 Å². The molecular formula is C21H20N2O4S. The van der Waals surface area contributed by atoms with Crippen LogP contribution in [-0.4, -0.2) is 14.3 Å². The molecular weight excluding hydrogens is 376 g/mol. The molecule has 0 saturated carbocycles. The molecule has 0 fully saturated rings. The number of nitrogens with one attached hydrogen (secondary N) is 2. The number of carbonyl (C=O) groups is 1. The third-order valence-electron chi connectivity index (χ3n) is 4.88. The molecule has 2 aromatic carbocycles. The predicted molar refractivity (Wildman–Crippen MR) is 104 cm³/mol.